The number of urea groups is 1. The Morgan fingerprint density at radius 3 is 2.45 bits per heavy atom. The molecule has 3 amide bonds. The molecule has 1 unspecified atom stereocenters. The van der Waals surface area contributed by atoms with Crippen LogP contribution in [0.3, 0.4) is 0 Å². The Morgan fingerprint density at radius 2 is 1.79 bits per heavy atom. The minimum Gasteiger partial charge on any atom is -0.384 e. The van der Waals surface area contributed by atoms with E-state index in [4.69, 9.17) is 4.74 Å². The van der Waals surface area contributed by atoms with E-state index in [1.54, 1.807) is 17.0 Å². The van der Waals surface area contributed by atoms with Gasteiger partial charge in [0.25, 0.3) is 5.91 Å². The number of benzene rings is 2. The molecule has 1 atom stereocenters. The van der Waals surface area contributed by atoms with E-state index in [1.807, 2.05) is 31.2 Å². The summed E-state index contributed by atoms with van der Waals surface area (Å²) in [5.41, 5.74) is 2.30. The predicted molar refractivity (Wildman–Crippen MR) is 127 cm³/mol. The van der Waals surface area contributed by atoms with Crippen molar-refractivity contribution in [2.24, 2.45) is 5.92 Å². The Balaban J connectivity index is 1.52. The summed E-state index contributed by atoms with van der Waals surface area (Å²) in [7, 11) is -1.98. The number of ether oxygens (including phenoxy) is 1. The molecule has 33 heavy (non-hydrogen) atoms. The lowest BCUT2D eigenvalue weighted by Crippen LogP contribution is -2.44. The minimum absolute atomic E-state index is 0.102. The number of hydrogen-bond acceptors (Lipinski definition) is 5. The van der Waals surface area contributed by atoms with E-state index in [0.29, 0.717) is 25.2 Å². The maximum Gasteiger partial charge on any atom is 0.319 e. The van der Waals surface area contributed by atoms with Crippen LogP contribution < -0.4 is 10.6 Å². The standard InChI is InChI=1S/C24H31N3O5S/c1-18-5-9-21(10-6-18)26-24(29)25-16-19-4-3-13-27(17-19)23(28)20-7-11-22(12-8-20)33(30,31)15-14-32-2/h5-12,19H,3-4,13-17H2,1-2H3,(H2,25,26,29). The zero-order valence-corrected chi connectivity index (χ0v) is 19.9. The second kappa shape index (κ2) is 11.3. The summed E-state index contributed by atoms with van der Waals surface area (Å²) in [5, 5.41) is 5.70. The number of anilines is 1. The molecule has 0 aliphatic carbocycles. The molecule has 2 aromatic rings. The molecule has 0 radical (unpaired) electrons. The molecule has 1 aliphatic heterocycles. The predicted octanol–water partition coefficient (Wildman–Crippen LogP) is 3.09. The lowest BCUT2D eigenvalue weighted by atomic mass is 9.97. The number of carbonyl (C=O) groups excluding carboxylic acids is 2. The zero-order valence-electron chi connectivity index (χ0n) is 19.0. The van der Waals surface area contributed by atoms with E-state index in [9.17, 15) is 18.0 Å². The highest BCUT2D eigenvalue weighted by atomic mass is 32.2. The molecule has 8 nitrogen and oxygen atoms in total. The summed E-state index contributed by atoms with van der Waals surface area (Å²) >= 11 is 0. The molecule has 2 aromatic carbocycles. The summed E-state index contributed by atoms with van der Waals surface area (Å²) in [5.74, 6) is -0.0838. The molecule has 1 fully saturated rings. The first-order valence-electron chi connectivity index (χ1n) is 11.0. The smallest absolute Gasteiger partial charge is 0.319 e. The number of rotatable bonds is 8. The van der Waals surface area contributed by atoms with Crippen LogP contribution in [0.4, 0.5) is 10.5 Å². The van der Waals surface area contributed by atoms with Crippen LogP contribution in [0.2, 0.25) is 0 Å². The second-order valence-electron chi connectivity index (χ2n) is 8.30. The quantitative estimate of drug-likeness (QED) is 0.613. The summed E-state index contributed by atoms with van der Waals surface area (Å²) in [6.07, 6.45) is 1.77. The van der Waals surface area contributed by atoms with E-state index in [-0.39, 0.29) is 35.1 Å². The van der Waals surface area contributed by atoms with Crippen molar-refractivity contribution < 1.29 is 22.7 Å². The third-order valence-corrected chi connectivity index (χ3v) is 7.38. The summed E-state index contributed by atoms with van der Waals surface area (Å²) in [4.78, 5) is 27.1. The molecule has 1 saturated heterocycles. The van der Waals surface area contributed by atoms with Crippen molar-refractivity contribution in [3.05, 3.63) is 59.7 Å². The number of amides is 3. The van der Waals surface area contributed by atoms with Gasteiger partial charge >= 0.3 is 6.03 Å². The normalized spacial score (nSPS) is 16.3. The first-order chi connectivity index (χ1) is 15.8. The van der Waals surface area contributed by atoms with Gasteiger partial charge in [0, 0.05) is 38.0 Å². The second-order valence-corrected chi connectivity index (χ2v) is 10.4. The number of aryl methyl sites for hydroxylation is 1. The molecule has 0 saturated carbocycles. The van der Waals surface area contributed by atoms with Gasteiger partial charge in [0.05, 0.1) is 17.3 Å². The van der Waals surface area contributed by atoms with Crippen LogP contribution in [0.25, 0.3) is 0 Å². The Labute approximate surface area is 195 Å². The number of nitrogens with one attached hydrogen (secondary N) is 2. The zero-order chi connectivity index (χ0) is 23.8. The van der Waals surface area contributed by atoms with Crippen LogP contribution >= 0.6 is 0 Å². The van der Waals surface area contributed by atoms with Gasteiger partial charge in [0.1, 0.15) is 0 Å². The van der Waals surface area contributed by atoms with Crippen LogP contribution in [-0.2, 0) is 14.6 Å². The third kappa shape index (κ3) is 7.03. The largest absolute Gasteiger partial charge is 0.384 e. The SMILES string of the molecule is COCCS(=O)(=O)c1ccc(C(=O)N2CCCC(CNC(=O)Nc3ccc(C)cc3)C2)cc1. The van der Waals surface area contributed by atoms with E-state index in [2.05, 4.69) is 10.6 Å². The Morgan fingerprint density at radius 1 is 1.09 bits per heavy atom. The fourth-order valence-corrected chi connectivity index (χ4v) is 4.94. The molecular weight excluding hydrogens is 442 g/mol. The number of likely N-dealkylation sites (tertiary alicyclic amines) is 1. The van der Waals surface area contributed by atoms with Gasteiger partial charge in [0.15, 0.2) is 9.84 Å². The lowest BCUT2D eigenvalue weighted by Gasteiger charge is -2.33. The van der Waals surface area contributed by atoms with Gasteiger partial charge < -0.3 is 20.3 Å². The molecule has 2 N–H and O–H groups in total. The monoisotopic (exact) mass is 473 g/mol. The first kappa shape index (κ1) is 24.7. The van der Waals surface area contributed by atoms with Gasteiger partial charge in [-0.1, -0.05) is 17.7 Å². The number of nitrogens with zero attached hydrogens (tertiary/aromatic N) is 1. The molecular formula is C24H31N3O5S. The molecule has 0 bridgehead atoms. The highest BCUT2D eigenvalue weighted by Gasteiger charge is 2.25. The minimum atomic E-state index is -3.43. The van der Waals surface area contributed by atoms with Crippen LogP contribution in [0.1, 0.15) is 28.8 Å². The van der Waals surface area contributed by atoms with Gasteiger partial charge in [0.2, 0.25) is 0 Å². The fourth-order valence-electron chi connectivity index (χ4n) is 3.76. The molecule has 1 heterocycles. The maximum absolute atomic E-state index is 12.9. The summed E-state index contributed by atoms with van der Waals surface area (Å²) < 4.78 is 29.4. The third-order valence-electron chi connectivity index (χ3n) is 5.68. The molecule has 178 valence electrons. The van der Waals surface area contributed by atoms with Crippen LogP contribution in [-0.4, -0.2) is 64.4 Å². The van der Waals surface area contributed by atoms with Crippen molar-refractivity contribution in [2.75, 3.05) is 44.4 Å². The van der Waals surface area contributed by atoms with Gasteiger partial charge in [-0.05, 0) is 62.1 Å². The topological polar surface area (TPSA) is 105 Å². The molecule has 1 aliphatic rings. The van der Waals surface area contributed by atoms with Crippen molar-refractivity contribution >= 4 is 27.5 Å². The number of piperidine rings is 1. The van der Waals surface area contributed by atoms with Gasteiger partial charge in [-0.3, -0.25) is 4.79 Å². The summed E-state index contributed by atoms with van der Waals surface area (Å²) in [6, 6.07) is 13.3. The van der Waals surface area contributed by atoms with Crippen LogP contribution in [0.5, 0.6) is 0 Å². The molecule has 3 rings (SSSR count). The van der Waals surface area contributed by atoms with Crippen molar-refractivity contribution in [2.45, 2.75) is 24.7 Å². The fraction of sp³-hybridized carbons (Fsp3) is 0.417. The van der Waals surface area contributed by atoms with Gasteiger partial charge in [-0.2, -0.15) is 0 Å². The average Bonchev–Trinajstić information content (AvgIpc) is 2.83. The van der Waals surface area contributed by atoms with Gasteiger partial charge in [-0.15, -0.1) is 0 Å². The van der Waals surface area contributed by atoms with Gasteiger partial charge in [-0.25, -0.2) is 13.2 Å². The van der Waals surface area contributed by atoms with E-state index in [0.717, 1.165) is 24.1 Å². The number of methoxy groups -OCH3 is 1. The average molecular weight is 474 g/mol. The van der Waals surface area contributed by atoms with Crippen LogP contribution in [0.15, 0.2) is 53.4 Å². The van der Waals surface area contributed by atoms with Crippen molar-refractivity contribution in [3.8, 4) is 0 Å². The van der Waals surface area contributed by atoms with Crippen molar-refractivity contribution in [1.82, 2.24) is 10.2 Å². The summed E-state index contributed by atoms with van der Waals surface area (Å²) in [6.45, 7) is 3.75. The highest BCUT2D eigenvalue weighted by molar-refractivity contribution is 7.91. The lowest BCUT2D eigenvalue weighted by molar-refractivity contribution is 0.0675. The van der Waals surface area contributed by atoms with Crippen molar-refractivity contribution in [1.29, 1.82) is 0 Å². The highest BCUT2D eigenvalue weighted by Crippen LogP contribution is 2.20. The Bertz CT molecular complexity index is 1050. The van der Waals surface area contributed by atoms with E-state index in [1.165, 1.54) is 19.2 Å². The Kier molecular flexibility index (Phi) is 8.46. The molecule has 9 heteroatoms. The molecule has 0 aromatic heterocycles. The van der Waals surface area contributed by atoms with E-state index >= 15 is 0 Å². The maximum atomic E-state index is 12.9. The number of carbonyl (C=O) groups is 2. The number of sulfone groups is 1. The first-order valence-corrected chi connectivity index (χ1v) is 12.7. The molecule has 0 spiro atoms. The number of hydrogen-bond donors (Lipinski definition) is 2. The van der Waals surface area contributed by atoms with E-state index < -0.39 is 9.84 Å². The van der Waals surface area contributed by atoms with Crippen molar-refractivity contribution in [3.63, 3.8) is 0 Å². The Hall–Kier alpha value is -2.91. The van der Waals surface area contributed by atoms with Crippen LogP contribution in [0, 0.1) is 12.8 Å².